The van der Waals surface area contributed by atoms with Crippen molar-refractivity contribution in [2.75, 3.05) is 18.2 Å². The first-order valence-corrected chi connectivity index (χ1v) is 11.1. The summed E-state index contributed by atoms with van der Waals surface area (Å²) in [6.45, 7) is 3.89. The number of aromatic nitrogens is 2. The number of carbonyl (C=O) groups excluding carboxylic acids is 1. The lowest BCUT2D eigenvalue weighted by Crippen LogP contribution is -2.23. The van der Waals surface area contributed by atoms with Crippen molar-refractivity contribution in [1.29, 1.82) is 0 Å². The molecule has 0 bridgehead atoms. The fourth-order valence-electron chi connectivity index (χ4n) is 3.47. The summed E-state index contributed by atoms with van der Waals surface area (Å²) < 4.78 is 6.92. The Hall–Kier alpha value is -3.58. The second-order valence-corrected chi connectivity index (χ2v) is 8.32. The topological polar surface area (TPSA) is 73.2 Å². The van der Waals surface area contributed by atoms with Crippen molar-refractivity contribution in [3.05, 3.63) is 88.2 Å². The fraction of sp³-hybridized carbons (Fsp3) is 0.160. The van der Waals surface area contributed by atoms with Gasteiger partial charge in [-0.1, -0.05) is 48.2 Å². The van der Waals surface area contributed by atoms with E-state index in [9.17, 15) is 9.59 Å². The quantitative estimate of drug-likeness (QED) is 0.343. The van der Waals surface area contributed by atoms with Gasteiger partial charge in [0, 0.05) is 0 Å². The van der Waals surface area contributed by atoms with Crippen molar-refractivity contribution in [2.45, 2.75) is 19.0 Å². The third-order valence-corrected chi connectivity index (χ3v) is 6.00. The van der Waals surface area contributed by atoms with E-state index in [1.807, 2.05) is 68.4 Å². The van der Waals surface area contributed by atoms with Gasteiger partial charge in [-0.25, -0.2) is 4.98 Å². The molecule has 1 amide bonds. The van der Waals surface area contributed by atoms with E-state index >= 15 is 0 Å². The van der Waals surface area contributed by atoms with Crippen LogP contribution in [-0.4, -0.2) is 28.3 Å². The average Bonchev–Trinajstić information content (AvgIpc) is 2.79. The largest absolute Gasteiger partial charge is 0.495 e. The molecule has 32 heavy (non-hydrogen) atoms. The Morgan fingerprint density at radius 2 is 1.81 bits per heavy atom. The number of nitrogens with zero attached hydrogens (tertiary/aromatic N) is 2. The lowest BCUT2D eigenvalue weighted by atomic mass is 10.2. The van der Waals surface area contributed by atoms with Crippen LogP contribution in [-0.2, 0) is 4.79 Å². The predicted molar refractivity (Wildman–Crippen MR) is 129 cm³/mol. The zero-order chi connectivity index (χ0) is 22.7. The summed E-state index contributed by atoms with van der Waals surface area (Å²) in [5.41, 5.74) is 3.76. The molecular weight excluding hydrogens is 422 g/mol. The van der Waals surface area contributed by atoms with E-state index < -0.39 is 0 Å². The number of rotatable bonds is 6. The molecular formula is C25H23N3O3S. The summed E-state index contributed by atoms with van der Waals surface area (Å²) >= 11 is 1.22. The molecule has 1 N–H and O–H groups in total. The van der Waals surface area contributed by atoms with Crippen LogP contribution in [0.3, 0.4) is 0 Å². The summed E-state index contributed by atoms with van der Waals surface area (Å²) in [6, 6.07) is 20.5. The van der Waals surface area contributed by atoms with Crippen LogP contribution in [0.1, 0.15) is 11.1 Å². The number of anilines is 1. The molecule has 0 atom stereocenters. The molecule has 1 aromatic heterocycles. The lowest BCUT2D eigenvalue weighted by Gasteiger charge is -2.15. The van der Waals surface area contributed by atoms with Crippen molar-refractivity contribution in [2.24, 2.45) is 0 Å². The number of methoxy groups -OCH3 is 1. The van der Waals surface area contributed by atoms with Crippen molar-refractivity contribution in [3.8, 4) is 11.4 Å². The molecule has 0 aliphatic heterocycles. The van der Waals surface area contributed by atoms with Gasteiger partial charge in [0.2, 0.25) is 5.91 Å². The molecule has 1 heterocycles. The number of hydrogen-bond donors (Lipinski definition) is 1. The van der Waals surface area contributed by atoms with Crippen molar-refractivity contribution < 1.29 is 9.53 Å². The number of fused-ring (bicyclic) bond motifs is 1. The SMILES string of the molecule is COc1ccc(C)cc1NC(=O)CSc1nc2ccccc2c(=O)n1-c1ccccc1C. The predicted octanol–water partition coefficient (Wildman–Crippen LogP) is 4.74. The van der Waals surface area contributed by atoms with E-state index in [0.29, 0.717) is 27.5 Å². The lowest BCUT2D eigenvalue weighted by molar-refractivity contribution is -0.113. The van der Waals surface area contributed by atoms with Gasteiger partial charge < -0.3 is 10.1 Å². The van der Waals surface area contributed by atoms with Gasteiger partial charge in [0.1, 0.15) is 5.75 Å². The van der Waals surface area contributed by atoms with E-state index in [1.165, 1.54) is 11.8 Å². The molecule has 0 fully saturated rings. The monoisotopic (exact) mass is 445 g/mol. The molecule has 0 aliphatic carbocycles. The number of amides is 1. The molecule has 7 heteroatoms. The Balaban J connectivity index is 1.68. The summed E-state index contributed by atoms with van der Waals surface area (Å²) in [4.78, 5) is 30.8. The molecule has 0 radical (unpaired) electrons. The molecule has 4 aromatic rings. The van der Waals surface area contributed by atoms with Crippen LogP contribution in [0, 0.1) is 13.8 Å². The second kappa shape index (κ2) is 9.28. The highest BCUT2D eigenvalue weighted by atomic mass is 32.2. The molecule has 0 saturated carbocycles. The van der Waals surface area contributed by atoms with Gasteiger partial charge in [-0.2, -0.15) is 0 Å². The van der Waals surface area contributed by atoms with Crippen LogP contribution in [0.2, 0.25) is 0 Å². The number of hydrogen-bond acceptors (Lipinski definition) is 5. The number of para-hydroxylation sites is 2. The first-order valence-electron chi connectivity index (χ1n) is 10.1. The number of aryl methyl sites for hydroxylation is 2. The van der Waals surface area contributed by atoms with Crippen LogP contribution < -0.4 is 15.6 Å². The van der Waals surface area contributed by atoms with Gasteiger partial charge in [0.25, 0.3) is 5.56 Å². The van der Waals surface area contributed by atoms with Gasteiger partial charge in [-0.3, -0.25) is 14.2 Å². The highest BCUT2D eigenvalue weighted by Crippen LogP contribution is 2.27. The summed E-state index contributed by atoms with van der Waals surface area (Å²) in [5, 5.41) is 3.90. The van der Waals surface area contributed by atoms with Gasteiger partial charge in [-0.15, -0.1) is 0 Å². The molecule has 4 rings (SSSR count). The van der Waals surface area contributed by atoms with E-state index in [1.54, 1.807) is 23.8 Å². The van der Waals surface area contributed by atoms with Crippen LogP contribution in [0.4, 0.5) is 5.69 Å². The van der Waals surface area contributed by atoms with Gasteiger partial charge >= 0.3 is 0 Å². The van der Waals surface area contributed by atoms with E-state index in [-0.39, 0.29) is 17.2 Å². The van der Waals surface area contributed by atoms with E-state index in [2.05, 4.69) is 5.32 Å². The van der Waals surface area contributed by atoms with Gasteiger partial charge in [0.05, 0.1) is 35.1 Å². The van der Waals surface area contributed by atoms with Crippen LogP contribution >= 0.6 is 11.8 Å². The number of carbonyl (C=O) groups is 1. The van der Waals surface area contributed by atoms with Gasteiger partial charge in [-0.05, 0) is 55.3 Å². The number of ether oxygens (including phenoxy) is 1. The normalized spacial score (nSPS) is 10.8. The molecule has 162 valence electrons. The maximum Gasteiger partial charge on any atom is 0.266 e. The zero-order valence-electron chi connectivity index (χ0n) is 18.1. The Labute approximate surface area is 190 Å². The smallest absolute Gasteiger partial charge is 0.266 e. The molecule has 6 nitrogen and oxygen atoms in total. The van der Waals surface area contributed by atoms with Gasteiger partial charge in [0.15, 0.2) is 5.16 Å². The van der Waals surface area contributed by atoms with Crippen molar-refractivity contribution in [1.82, 2.24) is 9.55 Å². The third kappa shape index (κ3) is 4.38. The third-order valence-electron chi connectivity index (χ3n) is 5.06. The Bertz CT molecular complexity index is 1360. The summed E-state index contributed by atoms with van der Waals surface area (Å²) in [7, 11) is 1.56. The molecule has 0 unspecified atom stereocenters. The van der Waals surface area contributed by atoms with Crippen LogP contribution in [0.5, 0.6) is 5.75 Å². The van der Waals surface area contributed by atoms with E-state index in [0.717, 1.165) is 16.8 Å². The standard InChI is InChI=1S/C25H23N3O3S/c1-16-12-13-22(31-3)20(14-16)26-23(29)15-32-25-27-19-10-6-5-9-18(19)24(30)28(25)21-11-7-4-8-17(21)2/h4-14H,15H2,1-3H3,(H,26,29). The first-order chi connectivity index (χ1) is 15.5. The highest BCUT2D eigenvalue weighted by Gasteiger charge is 2.16. The number of thioether (sulfide) groups is 1. The second-order valence-electron chi connectivity index (χ2n) is 7.38. The Morgan fingerprint density at radius 1 is 1.06 bits per heavy atom. The molecule has 0 aliphatic rings. The average molecular weight is 446 g/mol. The Morgan fingerprint density at radius 3 is 2.59 bits per heavy atom. The maximum atomic E-state index is 13.4. The van der Waals surface area contributed by atoms with Crippen LogP contribution in [0.25, 0.3) is 16.6 Å². The number of nitrogens with one attached hydrogen (secondary N) is 1. The summed E-state index contributed by atoms with van der Waals surface area (Å²) in [5.74, 6) is 0.473. The van der Waals surface area contributed by atoms with Crippen LogP contribution in [0.15, 0.2) is 76.7 Å². The maximum absolute atomic E-state index is 13.4. The molecule has 0 spiro atoms. The minimum Gasteiger partial charge on any atom is -0.495 e. The first kappa shape index (κ1) is 21.6. The summed E-state index contributed by atoms with van der Waals surface area (Å²) in [6.07, 6.45) is 0. The van der Waals surface area contributed by atoms with Crippen molar-refractivity contribution >= 4 is 34.3 Å². The van der Waals surface area contributed by atoms with Crippen molar-refractivity contribution in [3.63, 3.8) is 0 Å². The number of benzene rings is 3. The molecule has 0 saturated heterocycles. The molecule has 3 aromatic carbocycles. The minimum atomic E-state index is -0.211. The Kier molecular flexibility index (Phi) is 6.28. The minimum absolute atomic E-state index is 0.0910. The van der Waals surface area contributed by atoms with E-state index in [4.69, 9.17) is 9.72 Å². The highest BCUT2D eigenvalue weighted by molar-refractivity contribution is 7.99. The zero-order valence-corrected chi connectivity index (χ0v) is 18.9. The fourth-order valence-corrected chi connectivity index (χ4v) is 4.28.